The summed E-state index contributed by atoms with van der Waals surface area (Å²) < 4.78 is 31.7. The maximum absolute atomic E-state index is 13.2. The Balaban J connectivity index is 1.58. The molecule has 5 nitrogen and oxygen atoms in total. The van der Waals surface area contributed by atoms with E-state index >= 15 is 0 Å². The molecule has 1 aliphatic carbocycles. The third-order valence-corrected chi connectivity index (χ3v) is 4.55. The van der Waals surface area contributed by atoms with Crippen molar-refractivity contribution in [1.82, 2.24) is 9.97 Å². The molecule has 1 unspecified atom stereocenters. The molecule has 3 rings (SSSR count). The highest BCUT2D eigenvalue weighted by Gasteiger charge is 2.42. The van der Waals surface area contributed by atoms with Gasteiger partial charge in [0, 0.05) is 38.0 Å². The van der Waals surface area contributed by atoms with E-state index in [0.29, 0.717) is 12.4 Å². The van der Waals surface area contributed by atoms with Crippen LogP contribution in [0.25, 0.3) is 0 Å². The third kappa shape index (κ3) is 3.70. The van der Waals surface area contributed by atoms with Gasteiger partial charge in [0.15, 0.2) is 0 Å². The summed E-state index contributed by atoms with van der Waals surface area (Å²) in [5.41, 5.74) is -0.180. The van der Waals surface area contributed by atoms with Gasteiger partial charge in [0.1, 0.15) is 12.1 Å². The Morgan fingerprint density at radius 1 is 1.27 bits per heavy atom. The first-order chi connectivity index (χ1) is 10.5. The molecule has 2 fully saturated rings. The monoisotopic (exact) mass is 313 g/mol. The quantitative estimate of drug-likeness (QED) is 0.893. The van der Waals surface area contributed by atoms with Gasteiger partial charge in [-0.15, -0.1) is 0 Å². The Kier molecular flexibility index (Phi) is 4.27. The van der Waals surface area contributed by atoms with E-state index in [2.05, 4.69) is 15.3 Å². The Morgan fingerprint density at radius 2 is 2.05 bits per heavy atom. The summed E-state index contributed by atoms with van der Waals surface area (Å²) in [6, 6.07) is 1.85. The number of nitrogens with one attached hydrogen (secondary N) is 1. The first kappa shape index (κ1) is 15.6. The number of halogens is 2. The highest BCUT2D eigenvalue weighted by Crippen LogP contribution is 2.38. The first-order valence-electron chi connectivity index (χ1n) is 7.70. The molecule has 1 aliphatic heterocycles. The molecular weight excluding hydrogens is 292 g/mol. The molecule has 2 heterocycles. The SMILES string of the molecule is OC1(CNc2cc(C3CCOC3)ncn2)CCC(F)(F)CC1. The fourth-order valence-corrected chi connectivity index (χ4v) is 2.97. The maximum Gasteiger partial charge on any atom is 0.248 e. The molecule has 0 bridgehead atoms. The van der Waals surface area contributed by atoms with E-state index in [1.807, 2.05) is 6.07 Å². The fourth-order valence-electron chi connectivity index (χ4n) is 2.97. The molecule has 1 aromatic heterocycles. The van der Waals surface area contributed by atoms with Crippen molar-refractivity contribution in [2.75, 3.05) is 25.1 Å². The number of alkyl halides is 2. The molecule has 1 saturated carbocycles. The van der Waals surface area contributed by atoms with Crippen molar-refractivity contribution in [2.24, 2.45) is 0 Å². The summed E-state index contributed by atoms with van der Waals surface area (Å²) in [6.07, 6.45) is 2.09. The van der Waals surface area contributed by atoms with E-state index in [1.165, 1.54) is 6.33 Å². The van der Waals surface area contributed by atoms with Crippen molar-refractivity contribution < 1.29 is 18.6 Å². The third-order valence-electron chi connectivity index (χ3n) is 4.55. The predicted octanol–water partition coefficient (Wildman–Crippen LogP) is 2.33. The Labute approximate surface area is 128 Å². The normalized spacial score (nSPS) is 26.8. The van der Waals surface area contributed by atoms with Crippen molar-refractivity contribution in [1.29, 1.82) is 0 Å². The van der Waals surface area contributed by atoms with Gasteiger partial charge in [-0.05, 0) is 19.3 Å². The lowest BCUT2D eigenvalue weighted by atomic mass is 9.83. The topological polar surface area (TPSA) is 67.3 Å². The zero-order valence-electron chi connectivity index (χ0n) is 12.4. The molecule has 0 radical (unpaired) electrons. The molecule has 7 heteroatoms. The number of aromatic nitrogens is 2. The van der Waals surface area contributed by atoms with E-state index in [0.717, 1.165) is 18.7 Å². The van der Waals surface area contributed by atoms with Crippen LogP contribution in [0.3, 0.4) is 0 Å². The van der Waals surface area contributed by atoms with E-state index < -0.39 is 11.5 Å². The fraction of sp³-hybridized carbons (Fsp3) is 0.733. The molecular formula is C15H21F2N3O2. The lowest BCUT2D eigenvalue weighted by Crippen LogP contribution is -2.43. The van der Waals surface area contributed by atoms with Gasteiger partial charge in [0.2, 0.25) is 5.92 Å². The zero-order chi connectivity index (χ0) is 15.6. The number of nitrogens with zero attached hydrogens (tertiary/aromatic N) is 2. The smallest absolute Gasteiger partial charge is 0.248 e. The van der Waals surface area contributed by atoms with E-state index in [1.54, 1.807) is 0 Å². The summed E-state index contributed by atoms with van der Waals surface area (Å²) in [6.45, 7) is 1.63. The summed E-state index contributed by atoms with van der Waals surface area (Å²) in [4.78, 5) is 8.39. The van der Waals surface area contributed by atoms with Crippen LogP contribution in [0, 0.1) is 0 Å². The Hall–Kier alpha value is -1.34. The van der Waals surface area contributed by atoms with Crippen LogP contribution in [0.5, 0.6) is 0 Å². The average molecular weight is 313 g/mol. The van der Waals surface area contributed by atoms with Gasteiger partial charge < -0.3 is 15.2 Å². The second-order valence-electron chi connectivity index (χ2n) is 6.32. The van der Waals surface area contributed by atoms with Crippen LogP contribution in [-0.4, -0.2) is 46.4 Å². The van der Waals surface area contributed by atoms with Gasteiger partial charge in [-0.25, -0.2) is 18.7 Å². The van der Waals surface area contributed by atoms with Crippen molar-refractivity contribution in [3.05, 3.63) is 18.1 Å². The predicted molar refractivity (Wildman–Crippen MR) is 77.1 cm³/mol. The average Bonchev–Trinajstić information content (AvgIpc) is 3.04. The van der Waals surface area contributed by atoms with E-state index in [-0.39, 0.29) is 38.1 Å². The number of ether oxygens (including phenoxy) is 1. The van der Waals surface area contributed by atoms with Gasteiger partial charge in [0.05, 0.1) is 17.9 Å². The maximum atomic E-state index is 13.2. The summed E-state index contributed by atoms with van der Waals surface area (Å²) in [5.74, 6) is -1.75. The highest BCUT2D eigenvalue weighted by molar-refractivity contribution is 5.36. The number of anilines is 1. The minimum Gasteiger partial charge on any atom is -0.388 e. The second kappa shape index (κ2) is 6.04. The van der Waals surface area contributed by atoms with Gasteiger partial charge in [-0.2, -0.15) is 0 Å². The van der Waals surface area contributed by atoms with Crippen LogP contribution in [0.15, 0.2) is 12.4 Å². The Morgan fingerprint density at radius 3 is 2.73 bits per heavy atom. The number of hydrogen-bond acceptors (Lipinski definition) is 5. The molecule has 122 valence electrons. The first-order valence-corrected chi connectivity index (χ1v) is 7.70. The van der Waals surface area contributed by atoms with Crippen LogP contribution in [0.4, 0.5) is 14.6 Å². The molecule has 1 atom stereocenters. The van der Waals surface area contributed by atoms with Gasteiger partial charge in [-0.3, -0.25) is 0 Å². The molecule has 0 aromatic carbocycles. The standard InChI is InChI=1S/C15H21F2N3O2/c16-15(17)4-2-14(21,3-5-15)9-18-13-7-12(19-10-20-13)11-1-6-22-8-11/h7,10-11,21H,1-6,8-9H2,(H,18,19,20). The van der Waals surface area contributed by atoms with E-state index in [9.17, 15) is 13.9 Å². The second-order valence-corrected chi connectivity index (χ2v) is 6.32. The highest BCUT2D eigenvalue weighted by atomic mass is 19.3. The molecule has 1 saturated heterocycles. The van der Waals surface area contributed by atoms with Gasteiger partial charge in [-0.1, -0.05) is 0 Å². The van der Waals surface area contributed by atoms with Crippen LogP contribution >= 0.6 is 0 Å². The van der Waals surface area contributed by atoms with Crippen LogP contribution < -0.4 is 5.32 Å². The van der Waals surface area contributed by atoms with Crippen molar-refractivity contribution in [2.45, 2.75) is 49.5 Å². The molecule has 0 amide bonds. The molecule has 22 heavy (non-hydrogen) atoms. The minimum absolute atomic E-state index is 0.0986. The largest absolute Gasteiger partial charge is 0.388 e. The summed E-state index contributed by atoms with van der Waals surface area (Å²) in [7, 11) is 0. The molecule has 1 aromatic rings. The van der Waals surface area contributed by atoms with Crippen molar-refractivity contribution in [3.63, 3.8) is 0 Å². The lowest BCUT2D eigenvalue weighted by Gasteiger charge is -2.36. The van der Waals surface area contributed by atoms with Crippen molar-refractivity contribution in [3.8, 4) is 0 Å². The van der Waals surface area contributed by atoms with Gasteiger partial charge in [0.25, 0.3) is 0 Å². The van der Waals surface area contributed by atoms with E-state index in [4.69, 9.17) is 4.74 Å². The van der Waals surface area contributed by atoms with Crippen LogP contribution in [0.1, 0.15) is 43.7 Å². The summed E-state index contributed by atoms with van der Waals surface area (Å²) in [5, 5.41) is 13.4. The molecule has 2 aliphatic rings. The van der Waals surface area contributed by atoms with Crippen LogP contribution in [-0.2, 0) is 4.74 Å². The molecule has 0 spiro atoms. The lowest BCUT2D eigenvalue weighted by molar-refractivity contribution is -0.0978. The minimum atomic E-state index is -2.64. The summed E-state index contributed by atoms with van der Waals surface area (Å²) >= 11 is 0. The molecule has 2 N–H and O–H groups in total. The van der Waals surface area contributed by atoms with Crippen molar-refractivity contribution >= 4 is 5.82 Å². The number of hydrogen-bond donors (Lipinski definition) is 2. The zero-order valence-corrected chi connectivity index (χ0v) is 12.4. The number of rotatable bonds is 4. The number of aliphatic hydroxyl groups is 1. The van der Waals surface area contributed by atoms with Crippen LogP contribution in [0.2, 0.25) is 0 Å². The Bertz CT molecular complexity index is 511. The van der Waals surface area contributed by atoms with Gasteiger partial charge >= 0.3 is 0 Å².